The zero-order valence-corrected chi connectivity index (χ0v) is 22.3. The van der Waals surface area contributed by atoms with Crippen LogP contribution in [0.25, 0.3) is 0 Å². The van der Waals surface area contributed by atoms with Crippen LogP contribution in [-0.4, -0.2) is 28.9 Å². The van der Waals surface area contributed by atoms with Crippen molar-refractivity contribution in [3.05, 3.63) is 98.0 Å². The highest BCUT2D eigenvalue weighted by atomic mass is 79.9. The monoisotopic (exact) mass is 558 g/mol. The number of anilines is 1. The summed E-state index contributed by atoms with van der Waals surface area (Å²) < 4.78 is 0.595. The number of hydrogen-bond acceptors (Lipinski definition) is 3. The number of rotatable bonds is 7. The number of carbonyl (C=O) groups is 3. The molecule has 0 saturated carbocycles. The predicted octanol–water partition coefficient (Wildman–Crippen LogP) is 6.42. The van der Waals surface area contributed by atoms with Gasteiger partial charge < -0.3 is 15.7 Å². The minimum Gasteiger partial charge on any atom is -0.480 e. The molecule has 0 aliphatic carbocycles. The number of carbonyl (C=O) groups excluding carboxylic acids is 2. The topological polar surface area (TPSA) is 95.5 Å². The van der Waals surface area contributed by atoms with Crippen LogP contribution in [0.2, 0.25) is 5.02 Å². The second-order valence-corrected chi connectivity index (χ2v) is 8.84. The van der Waals surface area contributed by atoms with E-state index in [4.69, 9.17) is 11.6 Å². The van der Waals surface area contributed by atoms with Crippen molar-refractivity contribution in [2.24, 2.45) is 0 Å². The van der Waals surface area contributed by atoms with Crippen LogP contribution < -0.4 is 10.6 Å². The molecule has 0 spiro atoms. The number of aryl methyl sites for hydroxylation is 2. The van der Waals surface area contributed by atoms with Crippen LogP contribution in [-0.2, 0) is 11.2 Å². The number of amides is 2. The summed E-state index contributed by atoms with van der Waals surface area (Å²) >= 11 is 9.50. The van der Waals surface area contributed by atoms with Crippen molar-refractivity contribution in [1.29, 1.82) is 0 Å². The molecule has 0 bridgehead atoms. The molecule has 3 aromatic carbocycles. The van der Waals surface area contributed by atoms with Crippen LogP contribution in [0, 0.1) is 13.8 Å². The van der Waals surface area contributed by atoms with Gasteiger partial charge in [0.1, 0.15) is 6.04 Å². The van der Waals surface area contributed by atoms with Gasteiger partial charge in [-0.2, -0.15) is 0 Å². The average molecular weight is 560 g/mol. The second kappa shape index (κ2) is 13.1. The Balaban J connectivity index is 0.00000210. The van der Waals surface area contributed by atoms with Crippen molar-refractivity contribution < 1.29 is 19.5 Å². The molecule has 0 heterocycles. The van der Waals surface area contributed by atoms with Gasteiger partial charge in [-0.3, -0.25) is 9.59 Å². The van der Waals surface area contributed by atoms with Crippen molar-refractivity contribution in [1.82, 2.24) is 5.32 Å². The fraction of sp³-hybridized carbons (Fsp3) is 0.222. The Bertz CT molecular complexity index is 1170. The molecule has 6 nitrogen and oxygen atoms in total. The maximum absolute atomic E-state index is 12.7. The van der Waals surface area contributed by atoms with E-state index < -0.39 is 17.9 Å². The van der Waals surface area contributed by atoms with Gasteiger partial charge in [0.2, 0.25) is 0 Å². The van der Waals surface area contributed by atoms with Gasteiger partial charge >= 0.3 is 5.97 Å². The minimum atomic E-state index is -1.14. The normalized spacial score (nSPS) is 11.0. The molecule has 1 unspecified atom stereocenters. The van der Waals surface area contributed by atoms with E-state index in [2.05, 4.69) is 26.6 Å². The summed E-state index contributed by atoms with van der Waals surface area (Å²) in [4.78, 5) is 37.1. The number of nitrogens with one attached hydrogen (secondary N) is 2. The standard InChI is InChI=1S/C25H22BrClN2O4.C2H6/c1-14-5-3-7-18(26)21(14)23(30)29-20(25(32)33)13-16-9-11-17(12-10-16)28-24(31)22-15(2)6-4-8-19(22)27;1-2/h3-12,20H,13H2,1-2H3,(H,28,31)(H,29,30)(H,32,33);1-2H3. The van der Waals surface area contributed by atoms with E-state index in [1.165, 1.54) is 0 Å². The maximum atomic E-state index is 12.7. The van der Waals surface area contributed by atoms with E-state index in [1.54, 1.807) is 74.5 Å². The number of halogens is 2. The van der Waals surface area contributed by atoms with E-state index in [1.807, 2.05) is 13.8 Å². The quantitative estimate of drug-likeness (QED) is 0.311. The molecule has 3 N–H and O–H groups in total. The summed E-state index contributed by atoms with van der Waals surface area (Å²) in [5.74, 6) is -1.93. The number of aliphatic carboxylic acids is 1. The highest BCUT2D eigenvalue weighted by molar-refractivity contribution is 9.10. The van der Waals surface area contributed by atoms with Crippen molar-refractivity contribution in [2.75, 3.05) is 5.32 Å². The first-order valence-electron chi connectivity index (χ1n) is 11.1. The molecule has 1 atom stereocenters. The number of benzene rings is 3. The number of hydrogen-bond donors (Lipinski definition) is 3. The third-order valence-corrected chi connectivity index (χ3v) is 6.13. The smallest absolute Gasteiger partial charge is 0.326 e. The largest absolute Gasteiger partial charge is 0.480 e. The summed E-state index contributed by atoms with van der Waals surface area (Å²) in [6.07, 6.45) is 0.0857. The third kappa shape index (κ3) is 7.41. The Kier molecular flexibility index (Phi) is 10.5. The van der Waals surface area contributed by atoms with Gasteiger partial charge in [-0.05, 0) is 70.7 Å². The van der Waals surface area contributed by atoms with Crippen molar-refractivity contribution >= 4 is 51.0 Å². The summed E-state index contributed by atoms with van der Waals surface area (Å²) in [5.41, 5.74) is 3.54. The van der Waals surface area contributed by atoms with Gasteiger partial charge in [-0.1, -0.05) is 61.8 Å². The fourth-order valence-corrected chi connectivity index (χ4v) is 4.38. The van der Waals surface area contributed by atoms with Crippen molar-refractivity contribution in [3.63, 3.8) is 0 Å². The lowest BCUT2D eigenvalue weighted by Crippen LogP contribution is -2.42. The first-order chi connectivity index (χ1) is 16.7. The molecule has 2 amide bonds. The molecular weight excluding hydrogens is 532 g/mol. The molecule has 3 aromatic rings. The number of carboxylic acids is 1. The predicted molar refractivity (Wildman–Crippen MR) is 143 cm³/mol. The Morgan fingerprint density at radius 2 is 1.46 bits per heavy atom. The van der Waals surface area contributed by atoms with E-state index in [-0.39, 0.29) is 12.3 Å². The Morgan fingerprint density at radius 3 is 2.00 bits per heavy atom. The van der Waals surface area contributed by atoms with E-state index in [0.29, 0.717) is 31.9 Å². The zero-order chi connectivity index (χ0) is 26.1. The molecule has 8 heteroatoms. The molecular formula is C27H28BrClN2O4. The van der Waals surface area contributed by atoms with Crippen LogP contribution in [0.5, 0.6) is 0 Å². The molecule has 0 aliphatic heterocycles. The van der Waals surface area contributed by atoms with Gasteiger partial charge in [0.15, 0.2) is 0 Å². The first-order valence-corrected chi connectivity index (χ1v) is 12.3. The lowest BCUT2D eigenvalue weighted by Gasteiger charge is -2.17. The summed E-state index contributed by atoms with van der Waals surface area (Å²) in [6, 6.07) is 16.2. The Hall–Kier alpha value is -3.16. The second-order valence-electron chi connectivity index (χ2n) is 7.58. The molecule has 35 heavy (non-hydrogen) atoms. The fourth-order valence-electron chi connectivity index (χ4n) is 3.42. The van der Waals surface area contributed by atoms with Crippen LogP contribution in [0.1, 0.15) is 51.3 Å². The molecule has 3 rings (SSSR count). The van der Waals surface area contributed by atoms with Gasteiger partial charge in [0, 0.05) is 16.6 Å². The Labute approximate surface area is 218 Å². The summed E-state index contributed by atoms with van der Waals surface area (Å²) in [7, 11) is 0. The molecule has 0 fully saturated rings. The van der Waals surface area contributed by atoms with Crippen molar-refractivity contribution in [2.45, 2.75) is 40.2 Å². The van der Waals surface area contributed by atoms with E-state index >= 15 is 0 Å². The lowest BCUT2D eigenvalue weighted by molar-refractivity contribution is -0.139. The van der Waals surface area contributed by atoms with Gasteiger partial charge in [-0.15, -0.1) is 0 Å². The van der Waals surface area contributed by atoms with Crippen LogP contribution in [0.15, 0.2) is 65.1 Å². The van der Waals surface area contributed by atoms with Gasteiger partial charge in [0.25, 0.3) is 11.8 Å². The Morgan fingerprint density at radius 1 is 0.886 bits per heavy atom. The minimum absolute atomic E-state index is 0.0857. The highest BCUT2D eigenvalue weighted by Gasteiger charge is 2.23. The summed E-state index contributed by atoms with van der Waals surface area (Å²) in [5, 5.41) is 15.4. The van der Waals surface area contributed by atoms with Crippen molar-refractivity contribution in [3.8, 4) is 0 Å². The van der Waals surface area contributed by atoms with Gasteiger partial charge in [-0.25, -0.2) is 4.79 Å². The molecule has 0 radical (unpaired) electrons. The van der Waals surface area contributed by atoms with E-state index in [0.717, 1.165) is 11.1 Å². The highest BCUT2D eigenvalue weighted by Crippen LogP contribution is 2.22. The molecule has 0 aliphatic rings. The first kappa shape index (κ1) is 28.1. The number of carboxylic acid groups (broad SMARTS) is 1. The maximum Gasteiger partial charge on any atom is 0.326 e. The summed E-state index contributed by atoms with van der Waals surface area (Å²) in [6.45, 7) is 7.59. The van der Waals surface area contributed by atoms with E-state index in [9.17, 15) is 19.5 Å². The van der Waals surface area contributed by atoms with Crippen LogP contribution in [0.3, 0.4) is 0 Å². The molecule has 0 saturated heterocycles. The third-order valence-electron chi connectivity index (χ3n) is 5.15. The van der Waals surface area contributed by atoms with Gasteiger partial charge in [0.05, 0.1) is 16.1 Å². The van der Waals surface area contributed by atoms with Crippen LogP contribution in [0.4, 0.5) is 5.69 Å². The molecule has 184 valence electrons. The lowest BCUT2D eigenvalue weighted by atomic mass is 10.0. The molecule has 0 aromatic heterocycles. The van der Waals surface area contributed by atoms with Crippen LogP contribution >= 0.6 is 27.5 Å². The SMILES string of the molecule is CC.Cc1cccc(Cl)c1C(=O)Nc1ccc(CC(NC(=O)c2c(C)cccc2Br)C(=O)O)cc1. The average Bonchev–Trinajstić information content (AvgIpc) is 2.81. The zero-order valence-electron chi connectivity index (χ0n) is 20.0.